The van der Waals surface area contributed by atoms with Crippen molar-refractivity contribution < 1.29 is 14.3 Å². The number of nitrogens with zero attached hydrogens (tertiary/aromatic N) is 2. The fourth-order valence-corrected chi connectivity index (χ4v) is 2.24. The first-order valence-corrected chi connectivity index (χ1v) is 7.81. The lowest BCUT2D eigenvalue weighted by atomic mass is 10.1. The molecule has 1 amide bonds. The minimum atomic E-state index is -0.615. The normalized spacial score (nSPS) is 11.1. The summed E-state index contributed by atoms with van der Waals surface area (Å²) < 4.78 is 11.0. The molecule has 2 rings (SSSR count). The van der Waals surface area contributed by atoms with Crippen molar-refractivity contribution in [3.63, 3.8) is 0 Å². The number of pyridine rings is 1. The first kappa shape index (κ1) is 17.8. The molecule has 0 saturated carbocycles. The molecule has 1 aromatic carbocycles. The van der Waals surface area contributed by atoms with Gasteiger partial charge < -0.3 is 9.47 Å². The van der Waals surface area contributed by atoms with Gasteiger partial charge >= 0.3 is 6.09 Å². The summed E-state index contributed by atoms with van der Waals surface area (Å²) in [5.74, 6) is 1.07. The zero-order valence-electron chi connectivity index (χ0n) is 15.1. The maximum atomic E-state index is 12.9. The van der Waals surface area contributed by atoms with E-state index in [1.165, 1.54) is 4.90 Å². The highest BCUT2D eigenvalue weighted by Crippen LogP contribution is 2.35. The van der Waals surface area contributed by atoms with Crippen molar-refractivity contribution in [3.05, 3.63) is 47.7 Å². The van der Waals surface area contributed by atoms with Crippen LogP contribution >= 0.6 is 0 Å². The van der Waals surface area contributed by atoms with Crippen LogP contribution in [0.5, 0.6) is 5.75 Å². The van der Waals surface area contributed by atoms with Gasteiger partial charge in [-0.3, -0.25) is 0 Å². The minimum absolute atomic E-state index is 0.494. The van der Waals surface area contributed by atoms with Crippen molar-refractivity contribution in [2.75, 3.05) is 12.0 Å². The molecule has 0 N–H and O–H groups in total. The number of anilines is 2. The number of hydrogen-bond donors (Lipinski definition) is 0. The Labute approximate surface area is 143 Å². The zero-order chi connectivity index (χ0) is 17.9. The highest BCUT2D eigenvalue weighted by molar-refractivity contribution is 5.97. The molecule has 0 spiro atoms. The molecular weight excluding hydrogens is 304 g/mol. The summed E-state index contributed by atoms with van der Waals surface area (Å²) >= 11 is 0. The van der Waals surface area contributed by atoms with E-state index in [9.17, 15) is 4.79 Å². The van der Waals surface area contributed by atoms with Gasteiger partial charge in [-0.25, -0.2) is 14.7 Å². The van der Waals surface area contributed by atoms with Crippen molar-refractivity contribution in [2.45, 2.75) is 40.2 Å². The summed E-state index contributed by atoms with van der Waals surface area (Å²) in [7, 11) is 1.57. The van der Waals surface area contributed by atoms with E-state index in [4.69, 9.17) is 9.47 Å². The second kappa shape index (κ2) is 6.91. The topological polar surface area (TPSA) is 51.7 Å². The van der Waals surface area contributed by atoms with E-state index in [1.54, 1.807) is 13.3 Å². The molecular formula is C19H24N2O3. The van der Waals surface area contributed by atoms with Gasteiger partial charge in [-0.1, -0.05) is 6.07 Å². The van der Waals surface area contributed by atoms with Gasteiger partial charge in [0.25, 0.3) is 0 Å². The number of carbonyl (C=O) groups is 1. The van der Waals surface area contributed by atoms with Gasteiger partial charge in [-0.2, -0.15) is 0 Å². The third kappa shape index (κ3) is 4.25. The van der Waals surface area contributed by atoms with Crippen LogP contribution in [0.25, 0.3) is 0 Å². The van der Waals surface area contributed by atoms with Gasteiger partial charge in [0, 0.05) is 6.20 Å². The van der Waals surface area contributed by atoms with Crippen LogP contribution < -0.4 is 9.64 Å². The Morgan fingerprint density at radius 3 is 2.33 bits per heavy atom. The number of carbonyl (C=O) groups excluding carboxylic acids is 1. The van der Waals surface area contributed by atoms with Gasteiger partial charge in [0.15, 0.2) is 0 Å². The molecule has 0 aliphatic heterocycles. The van der Waals surface area contributed by atoms with Crippen molar-refractivity contribution in [2.24, 2.45) is 0 Å². The summed E-state index contributed by atoms with van der Waals surface area (Å²) in [6.07, 6.45) is 1.18. The lowest BCUT2D eigenvalue weighted by Crippen LogP contribution is -2.34. The van der Waals surface area contributed by atoms with Gasteiger partial charge in [-0.05, 0) is 70.0 Å². The van der Waals surface area contributed by atoms with Crippen LogP contribution in [0.2, 0.25) is 0 Å². The SMILES string of the molecule is COc1ccc(C)cc1N(C(=O)OC(C)(C)C)c1cc(C)ccn1. The van der Waals surface area contributed by atoms with E-state index < -0.39 is 11.7 Å². The number of hydrogen-bond acceptors (Lipinski definition) is 4. The lowest BCUT2D eigenvalue weighted by molar-refractivity contribution is 0.0597. The van der Waals surface area contributed by atoms with Crippen molar-refractivity contribution in [1.82, 2.24) is 4.98 Å². The second-order valence-corrected chi connectivity index (χ2v) is 6.68. The maximum absolute atomic E-state index is 12.9. The molecule has 5 heteroatoms. The number of aromatic nitrogens is 1. The van der Waals surface area contributed by atoms with E-state index in [0.29, 0.717) is 17.3 Å². The fraction of sp³-hybridized carbons (Fsp3) is 0.368. The summed E-state index contributed by atoms with van der Waals surface area (Å²) in [6, 6.07) is 9.36. The van der Waals surface area contributed by atoms with Crippen LogP contribution in [0.4, 0.5) is 16.3 Å². The number of amides is 1. The Balaban J connectivity index is 2.59. The molecule has 0 aliphatic carbocycles. The third-order valence-corrected chi connectivity index (χ3v) is 3.28. The summed E-state index contributed by atoms with van der Waals surface area (Å²) in [5, 5.41) is 0. The molecule has 0 saturated heterocycles. The van der Waals surface area contributed by atoms with Gasteiger partial charge in [0.1, 0.15) is 17.2 Å². The number of ether oxygens (including phenoxy) is 2. The summed E-state index contributed by atoms with van der Waals surface area (Å²) in [6.45, 7) is 9.41. The molecule has 5 nitrogen and oxygen atoms in total. The van der Waals surface area contributed by atoms with Crippen molar-refractivity contribution in [3.8, 4) is 5.75 Å². The molecule has 0 radical (unpaired) electrons. The van der Waals surface area contributed by atoms with Crippen molar-refractivity contribution in [1.29, 1.82) is 0 Å². The first-order chi connectivity index (χ1) is 11.2. The lowest BCUT2D eigenvalue weighted by Gasteiger charge is -2.28. The first-order valence-electron chi connectivity index (χ1n) is 7.81. The molecule has 0 atom stereocenters. The van der Waals surface area contributed by atoms with E-state index in [-0.39, 0.29) is 0 Å². The molecule has 128 valence electrons. The Kier molecular flexibility index (Phi) is 5.12. The predicted molar refractivity (Wildman–Crippen MR) is 95.1 cm³/mol. The average Bonchev–Trinajstić information content (AvgIpc) is 2.46. The fourth-order valence-electron chi connectivity index (χ4n) is 2.24. The molecule has 0 aliphatic rings. The molecule has 2 aromatic rings. The van der Waals surface area contributed by atoms with E-state index in [0.717, 1.165) is 11.1 Å². The number of rotatable bonds is 3. The molecule has 24 heavy (non-hydrogen) atoms. The minimum Gasteiger partial charge on any atom is -0.495 e. The highest BCUT2D eigenvalue weighted by atomic mass is 16.6. The maximum Gasteiger partial charge on any atom is 0.420 e. The Morgan fingerprint density at radius 1 is 1.08 bits per heavy atom. The Bertz CT molecular complexity index is 736. The van der Waals surface area contributed by atoms with Crippen LogP contribution in [0.15, 0.2) is 36.5 Å². The van der Waals surface area contributed by atoms with Crippen LogP contribution in [0.1, 0.15) is 31.9 Å². The summed E-state index contributed by atoms with van der Waals surface area (Å²) in [5.41, 5.74) is 1.99. The molecule has 1 heterocycles. The highest BCUT2D eigenvalue weighted by Gasteiger charge is 2.28. The van der Waals surface area contributed by atoms with E-state index in [1.807, 2.05) is 65.0 Å². The average molecular weight is 328 g/mol. The molecule has 0 bridgehead atoms. The quantitative estimate of drug-likeness (QED) is 0.813. The van der Waals surface area contributed by atoms with Gasteiger partial charge in [0.05, 0.1) is 12.8 Å². The molecule has 0 fully saturated rings. The van der Waals surface area contributed by atoms with Gasteiger partial charge in [0.2, 0.25) is 0 Å². The largest absolute Gasteiger partial charge is 0.495 e. The van der Waals surface area contributed by atoms with E-state index in [2.05, 4.69) is 4.98 Å². The second-order valence-electron chi connectivity index (χ2n) is 6.68. The number of aryl methyl sites for hydroxylation is 2. The standard InChI is InChI=1S/C19H24N2O3/c1-13-7-8-16(23-6)15(11-13)21(18(22)24-19(3,4)5)17-12-14(2)9-10-20-17/h7-12H,1-6H3. The Hall–Kier alpha value is -2.56. The summed E-state index contributed by atoms with van der Waals surface area (Å²) in [4.78, 5) is 18.6. The monoisotopic (exact) mass is 328 g/mol. The van der Waals surface area contributed by atoms with Crippen LogP contribution in [0, 0.1) is 13.8 Å². The van der Waals surface area contributed by atoms with Crippen LogP contribution in [0.3, 0.4) is 0 Å². The smallest absolute Gasteiger partial charge is 0.420 e. The van der Waals surface area contributed by atoms with Gasteiger partial charge in [-0.15, -0.1) is 0 Å². The van der Waals surface area contributed by atoms with Crippen LogP contribution in [-0.2, 0) is 4.74 Å². The van der Waals surface area contributed by atoms with E-state index >= 15 is 0 Å². The van der Waals surface area contributed by atoms with Crippen LogP contribution in [-0.4, -0.2) is 23.8 Å². The number of benzene rings is 1. The third-order valence-electron chi connectivity index (χ3n) is 3.28. The van der Waals surface area contributed by atoms with Crippen molar-refractivity contribution >= 4 is 17.6 Å². The molecule has 0 unspecified atom stereocenters. The Morgan fingerprint density at radius 2 is 1.75 bits per heavy atom. The predicted octanol–water partition coefficient (Wildman–Crippen LogP) is 4.78. The molecule has 1 aromatic heterocycles. The number of methoxy groups -OCH3 is 1. The zero-order valence-corrected chi connectivity index (χ0v) is 15.1.